The number of nitrogens with one attached hydrogen (secondary N) is 1. The molecule has 0 unspecified atom stereocenters. The molecule has 1 aromatic heterocycles. The van der Waals surface area contributed by atoms with Crippen LogP contribution in [0.1, 0.15) is 31.1 Å². The summed E-state index contributed by atoms with van der Waals surface area (Å²) in [6.45, 7) is 7.80. The van der Waals surface area contributed by atoms with Gasteiger partial charge < -0.3 is 11.1 Å². The Labute approximate surface area is 126 Å². The number of benzene rings is 1. The first-order valence-corrected chi connectivity index (χ1v) is 7.17. The highest BCUT2D eigenvalue weighted by atomic mass is 79.9. The van der Waals surface area contributed by atoms with Crippen molar-refractivity contribution in [1.82, 2.24) is 9.78 Å². The zero-order valence-electron chi connectivity index (χ0n) is 12.0. The molecule has 1 heterocycles. The Kier molecular flexibility index (Phi) is 4.04. The number of aryl methyl sites for hydroxylation is 2. The van der Waals surface area contributed by atoms with Gasteiger partial charge in [0.1, 0.15) is 5.82 Å². The van der Waals surface area contributed by atoms with E-state index in [0.717, 1.165) is 11.3 Å². The lowest BCUT2D eigenvalue weighted by Crippen LogP contribution is -2.09. The second kappa shape index (κ2) is 5.44. The second-order valence-electron chi connectivity index (χ2n) is 5.09. The van der Waals surface area contributed by atoms with Crippen molar-refractivity contribution < 1.29 is 4.39 Å². The maximum Gasteiger partial charge on any atom is 0.152 e. The number of nitrogens with zero attached hydrogens (tertiary/aromatic N) is 2. The van der Waals surface area contributed by atoms with E-state index in [2.05, 4.69) is 26.3 Å². The normalized spacial score (nSPS) is 11.2. The highest BCUT2D eigenvalue weighted by Crippen LogP contribution is 2.31. The van der Waals surface area contributed by atoms with Gasteiger partial charge in [0.15, 0.2) is 5.82 Å². The fourth-order valence-corrected chi connectivity index (χ4v) is 2.42. The van der Waals surface area contributed by atoms with Gasteiger partial charge in [-0.15, -0.1) is 0 Å². The standard InChI is InChI=1S/C14H18BrFN4/c1-7(2)20-14(13(17)9(4)19-20)18-12-6-11(16)10(15)5-8(12)3/h5-7,18H,17H2,1-4H3. The van der Waals surface area contributed by atoms with Crippen molar-refractivity contribution in [3.63, 3.8) is 0 Å². The molecule has 3 N–H and O–H groups in total. The van der Waals surface area contributed by atoms with Crippen LogP contribution in [0, 0.1) is 19.7 Å². The predicted octanol–water partition coefficient (Wildman–Crippen LogP) is 4.31. The van der Waals surface area contributed by atoms with Crippen LogP contribution in [-0.2, 0) is 0 Å². The molecule has 108 valence electrons. The summed E-state index contributed by atoms with van der Waals surface area (Å²) >= 11 is 3.18. The van der Waals surface area contributed by atoms with Crippen LogP contribution in [-0.4, -0.2) is 9.78 Å². The van der Waals surface area contributed by atoms with E-state index in [4.69, 9.17) is 5.73 Å². The Hall–Kier alpha value is -1.56. The van der Waals surface area contributed by atoms with E-state index in [9.17, 15) is 4.39 Å². The Morgan fingerprint density at radius 3 is 2.60 bits per heavy atom. The summed E-state index contributed by atoms with van der Waals surface area (Å²) in [5.74, 6) is 0.381. The largest absolute Gasteiger partial charge is 0.394 e. The lowest BCUT2D eigenvalue weighted by Gasteiger charge is -2.15. The Morgan fingerprint density at radius 1 is 1.35 bits per heavy atom. The van der Waals surface area contributed by atoms with Crippen molar-refractivity contribution in [2.24, 2.45) is 0 Å². The Balaban J connectivity index is 2.47. The van der Waals surface area contributed by atoms with Gasteiger partial charge in [0.05, 0.1) is 15.9 Å². The van der Waals surface area contributed by atoms with Crippen LogP contribution in [0.4, 0.5) is 21.6 Å². The smallest absolute Gasteiger partial charge is 0.152 e. The van der Waals surface area contributed by atoms with E-state index in [1.54, 1.807) is 6.07 Å². The number of hydrogen-bond acceptors (Lipinski definition) is 3. The SMILES string of the molecule is Cc1cc(Br)c(F)cc1Nc1c(N)c(C)nn1C(C)C. The predicted molar refractivity (Wildman–Crippen MR) is 83.9 cm³/mol. The van der Waals surface area contributed by atoms with Gasteiger partial charge in [-0.25, -0.2) is 9.07 Å². The second-order valence-corrected chi connectivity index (χ2v) is 5.95. The Morgan fingerprint density at radius 2 is 2.00 bits per heavy atom. The minimum atomic E-state index is -0.316. The molecular formula is C14H18BrFN4. The molecule has 0 amide bonds. The number of rotatable bonds is 3. The van der Waals surface area contributed by atoms with Crippen LogP contribution in [0.3, 0.4) is 0 Å². The van der Waals surface area contributed by atoms with Crippen LogP contribution in [0.25, 0.3) is 0 Å². The van der Waals surface area contributed by atoms with Crippen LogP contribution < -0.4 is 11.1 Å². The third-order valence-electron chi connectivity index (χ3n) is 3.14. The van der Waals surface area contributed by atoms with Gasteiger partial charge in [-0.2, -0.15) is 5.10 Å². The molecule has 0 atom stereocenters. The molecule has 2 rings (SSSR count). The van der Waals surface area contributed by atoms with Gasteiger partial charge in [-0.05, 0) is 61.3 Å². The molecule has 0 spiro atoms. The van der Waals surface area contributed by atoms with Crippen LogP contribution in [0.5, 0.6) is 0 Å². The molecule has 4 nitrogen and oxygen atoms in total. The van der Waals surface area contributed by atoms with Gasteiger partial charge in [-0.3, -0.25) is 0 Å². The zero-order valence-corrected chi connectivity index (χ0v) is 13.5. The average molecular weight is 341 g/mol. The molecule has 6 heteroatoms. The molecule has 2 aromatic rings. The highest BCUT2D eigenvalue weighted by Gasteiger charge is 2.16. The van der Waals surface area contributed by atoms with E-state index < -0.39 is 0 Å². The highest BCUT2D eigenvalue weighted by molar-refractivity contribution is 9.10. The van der Waals surface area contributed by atoms with Gasteiger partial charge in [0.25, 0.3) is 0 Å². The van der Waals surface area contributed by atoms with E-state index in [0.29, 0.717) is 21.7 Å². The Bertz CT molecular complexity index is 649. The molecule has 0 radical (unpaired) electrons. The fraction of sp³-hybridized carbons (Fsp3) is 0.357. The van der Waals surface area contributed by atoms with Crippen LogP contribution >= 0.6 is 15.9 Å². The molecule has 0 aliphatic heterocycles. The molecule has 0 fully saturated rings. The first kappa shape index (κ1) is 14.8. The van der Waals surface area contributed by atoms with Crippen molar-refractivity contribution in [2.75, 3.05) is 11.1 Å². The quantitative estimate of drug-likeness (QED) is 0.875. The molecule has 0 saturated heterocycles. The topological polar surface area (TPSA) is 55.9 Å². The molecule has 0 bridgehead atoms. The number of hydrogen-bond donors (Lipinski definition) is 2. The van der Waals surface area contributed by atoms with E-state index in [-0.39, 0.29) is 11.9 Å². The maximum atomic E-state index is 13.7. The zero-order chi connectivity index (χ0) is 15.0. The summed E-state index contributed by atoms with van der Waals surface area (Å²) in [6, 6.07) is 3.34. The number of nitrogens with two attached hydrogens (primary N) is 1. The molecular weight excluding hydrogens is 323 g/mol. The molecule has 20 heavy (non-hydrogen) atoms. The number of aromatic nitrogens is 2. The summed E-state index contributed by atoms with van der Waals surface area (Å²) in [5, 5.41) is 7.60. The minimum Gasteiger partial charge on any atom is -0.394 e. The van der Waals surface area contributed by atoms with Gasteiger partial charge in [0, 0.05) is 11.7 Å². The summed E-state index contributed by atoms with van der Waals surface area (Å²) in [7, 11) is 0. The summed E-state index contributed by atoms with van der Waals surface area (Å²) in [4.78, 5) is 0. The third-order valence-corrected chi connectivity index (χ3v) is 3.75. The minimum absolute atomic E-state index is 0.161. The first-order chi connectivity index (χ1) is 9.31. The molecule has 0 aliphatic carbocycles. The number of nitrogen functional groups attached to an aromatic ring is 1. The molecule has 1 aromatic carbocycles. The van der Waals surface area contributed by atoms with E-state index in [1.165, 1.54) is 6.07 Å². The number of halogens is 2. The lowest BCUT2D eigenvalue weighted by molar-refractivity contribution is 0.536. The third kappa shape index (κ3) is 2.65. The average Bonchev–Trinajstić information content (AvgIpc) is 2.64. The summed E-state index contributed by atoms with van der Waals surface area (Å²) in [6.07, 6.45) is 0. The van der Waals surface area contributed by atoms with Crippen molar-refractivity contribution in [3.8, 4) is 0 Å². The first-order valence-electron chi connectivity index (χ1n) is 6.38. The molecule has 0 aliphatic rings. The van der Waals surface area contributed by atoms with Gasteiger partial charge in [-0.1, -0.05) is 0 Å². The van der Waals surface area contributed by atoms with Gasteiger partial charge >= 0.3 is 0 Å². The maximum absolute atomic E-state index is 13.7. The van der Waals surface area contributed by atoms with Crippen molar-refractivity contribution in [3.05, 3.63) is 33.7 Å². The van der Waals surface area contributed by atoms with Gasteiger partial charge in [0.2, 0.25) is 0 Å². The monoisotopic (exact) mass is 340 g/mol. The van der Waals surface area contributed by atoms with Crippen molar-refractivity contribution in [2.45, 2.75) is 33.7 Å². The summed E-state index contributed by atoms with van der Waals surface area (Å²) < 4.78 is 15.9. The van der Waals surface area contributed by atoms with Crippen molar-refractivity contribution >= 4 is 33.1 Å². The fourth-order valence-electron chi connectivity index (χ4n) is 1.97. The molecule has 0 saturated carbocycles. The lowest BCUT2D eigenvalue weighted by atomic mass is 10.2. The van der Waals surface area contributed by atoms with E-state index >= 15 is 0 Å². The van der Waals surface area contributed by atoms with Crippen LogP contribution in [0.15, 0.2) is 16.6 Å². The van der Waals surface area contributed by atoms with Crippen LogP contribution in [0.2, 0.25) is 0 Å². The summed E-state index contributed by atoms with van der Waals surface area (Å²) in [5.41, 5.74) is 9.01. The van der Waals surface area contributed by atoms with Crippen molar-refractivity contribution in [1.29, 1.82) is 0 Å². The van der Waals surface area contributed by atoms with E-state index in [1.807, 2.05) is 32.4 Å². The number of anilines is 3.